The number of ether oxygens (including phenoxy) is 2. The maximum Gasteiger partial charge on any atom is 0.230 e. The van der Waals surface area contributed by atoms with E-state index in [1.807, 2.05) is 12.1 Å². The Labute approximate surface area is 171 Å². The lowest BCUT2D eigenvalue weighted by molar-refractivity contribution is -0.118. The van der Waals surface area contributed by atoms with Crippen LogP contribution in [0.25, 0.3) is 0 Å². The quantitative estimate of drug-likeness (QED) is 0.594. The van der Waals surface area contributed by atoms with Crippen LogP contribution in [-0.2, 0) is 9.53 Å². The zero-order chi connectivity index (χ0) is 20.3. The predicted octanol–water partition coefficient (Wildman–Crippen LogP) is 2.74. The Morgan fingerprint density at radius 3 is 2.69 bits per heavy atom. The molecule has 1 aromatic carbocycles. The van der Waals surface area contributed by atoms with Crippen LogP contribution in [0.3, 0.4) is 0 Å². The van der Waals surface area contributed by atoms with Gasteiger partial charge in [-0.25, -0.2) is 4.98 Å². The molecule has 1 saturated heterocycles. The zero-order valence-electron chi connectivity index (χ0n) is 16.9. The molecule has 1 aliphatic heterocycles. The molecule has 1 aliphatic rings. The number of rotatable bonds is 10. The lowest BCUT2D eigenvalue weighted by atomic mass is 10.2. The van der Waals surface area contributed by atoms with Gasteiger partial charge in [-0.15, -0.1) is 0 Å². The second kappa shape index (κ2) is 11.2. The van der Waals surface area contributed by atoms with Crippen LogP contribution in [0.15, 0.2) is 36.5 Å². The van der Waals surface area contributed by atoms with Crippen molar-refractivity contribution in [2.24, 2.45) is 0 Å². The van der Waals surface area contributed by atoms with Crippen molar-refractivity contribution in [2.45, 2.75) is 26.2 Å². The fourth-order valence-corrected chi connectivity index (χ4v) is 3.03. The number of carbonyl (C=O) groups excluding carboxylic acids is 1. The van der Waals surface area contributed by atoms with E-state index in [1.54, 1.807) is 12.3 Å². The molecule has 3 rings (SSSR count). The van der Waals surface area contributed by atoms with Crippen LogP contribution >= 0.6 is 0 Å². The van der Waals surface area contributed by atoms with E-state index in [0.717, 1.165) is 51.3 Å². The van der Waals surface area contributed by atoms with E-state index in [9.17, 15) is 4.79 Å². The van der Waals surface area contributed by atoms with Crippen LogP contribution < -0.4 is 20.3 Å². The van der Waals surface area contributed by atoms with Crippen molar-refractivity contribution in [3.8, 4) is 5.88 Å². The van der Waals surface area contributed by atoms with E-state index < -0.39 is 0 Å². The van der Waals surface area contributed by atoms with Crippen molar-refractivity contribution in [2.75, 3.05) is 49.7 Å². The fraction of sp³-hybridized carbons (Fsp3) is 0.476. The average Bonchev–Trinajstić information content (AvgIpc) is 2.74. The molecule has 0 unspecified atom stereocenters. The molecule has 2 N–H and O–H groups in total. The summed E-state index contributed by atoms with van der Waals surface area (Å²) in [4.78, 5) is 21.8. The van der Waals surface area contributed by atoms with Gasteiger partial charge in [-0.3, -0.25) is 4.79 Å². The molecule has 29 heavy (non-hydrogen) atoms. The van der Waals surface area contributed by atoms with Crippen molar-refractivity contribution in [3.05, 3.63) is 36.5 Å². The van der Waals surface area contributed by atoms with Gasteiger partial charge in [0.25, 0.3) is 0 Å². The second-order valence-electron chi connectivity index (χ2n) is 6.88. The lowest BCUT2D eigenvalue weighted by Crippen LogP contribution is -2.36. The summed E-state index contributed by atoms with van der Waals surface area (Å²) in [6, 6.07) is 9.99. The van der Waals surface area contributed by atoms with E-state index >= 15 is 0 Å². The van der Waals surface area contributed by atoms with Gasteiger partial charge in [-0.2, -0.15) is 4.98 Å². The number of hydrogen-bond acceptors (Lipinski definition) is 7. The molecule has 156 valence electrons. The van der Waals surface area contributed by atoms with Crippen molar-refractivity contribution >= 4 is 23.2 Å². The number of aromatic nitrogens is 2. The molecule has 1 amide bonds. The highest BCUT2D eigenvalue weighted by molar-refractivity contribution is 5.72. The van der Waals surface area contributed by atoms with Gasteiger partial charge in [0, 0.05) is 50.2 Å². The minimum Gasteiger partial charge on any atom is -0.478 e. The van der Waals surface area contributed by atoms with Crippen molar-refractivity contribution in [1.82, 2.24) is 15.3 Å². The largest absolute Gasteiger partial charge is 0.478 e. The van der Waals surface area contributed by atoms with Gasteiger partial charge in [-0.05, 0) is 43.5 Å². The average molecular weight is 399 g/mol. The highest BCUT2D eigenvalue weighted by Gasteiger charge is 2.11. The van der Waals surface area contributed by atoms with Gasteiger partial charge in [0.2, 0.25) is 17.7 Å². The number of unbranched alkanes of at least 4 members (excludes halogenated alkanes) is 2. The number of nitrogens with zero attached hydrogens (tertiary/aromatic N) is 3. The number of carbonyl (C=O) groups is 1. The normalized spacial score (nSPS) is 13.8. The molecule has 1 fully saturated rings. The summed E-state index contributed by atoms with van der Waals surface area (Å²) < 4.78 is 11.1. The topological polar surface area (TPSA) is 88.6 Å². The number of anilines is 3. The molecule has 0 spiro atoms. The summed E-state index contributed by atoms with van der Waals surface area (Å²) in [6.45, 7) is 6.21. The Morgan fingerprint density at radius 2 is 1.93 bits per heavy atom. The van der Waals surface area contributed by atoms with Gasteiger partial charge in [0.15, 0.2) is 0 Å². The molecular weight excluding hydrogens is 370 g/mol. The third-order valence-corrected chi connectivity index (χ3v) is 4.57. The van der Waals surface area contributed by atoms with Crippen LogP contribution in [0.5, 0.6) is 5.88 Å². The third kappa shape index (κ3) is 7.23. The molecule has 8 nitrogen and oxygen atoms in total. The second-order valence-corrected chi connectivity index (χ2v) is 6.88. The summed E-state index contributed by atoms with van der Waals surface area (Å²) in [6.07, 6.45) is 4.53. The fourth-order valence-electron chi connectivity index (χ4n) is 3.03. The van der Waals surface area contributed by atoms with Crippen LogP contribution in [0, 0.1) is 0 Å². The maximum atomic E-state index is 10.8. The third-order valence-electron chi connectivity index (χ3n) is 4.57. The van der Waals surface area contributed by atoms with Crippen molar-refractivity contribution in [1.29, 1.82) is 0 Å². The summed E-state index contributed by atoms with van der Waals surface area (Å²) in [5.41, 5.74) is 2.12. The molecule has 0 aliphatic carbocycles. The molecule has 0 radical (unpaired) electrons. The summed E-state index contributed by atoms with van der Waals surface area (Å²) in [7, 11) is 0. The molecule has 2 heterocycles. The van der Waals surface area contributed by atoms with Gasteiger partial charge < -0.3 is 25.0 Å². The maximum absolute atomic E-state index is 10.8. The number of hydrogen-bond donors (Lipinski definition) is 2. The van der Waals surface area contributed by atoms with Gasteiger partial charge in [0.05, 0.1) is 19.8 Å². The number of benzene rings is 1. The Morgan fingerprint density at radius 1 is 1.14 bits per heavy atom. The minimum absolute atomic E-state index is 0.0120. The van der Waals surface area contributed by atoms with Crippen molar-refractivity contribution < 1.29 is 14.3 Å². The lowest BCUT2D eigenvalue weighted by Gasteiger charge is -2.28. The first-order chi connectivity index (χ1) is 14.2. The first-order valence-electron chi connectivity index (χ1n) is 10.1. The first kappa shape index (κ1) is 20.9. The van der Waals surface area contributed by atoms with Crippen molar-refractivity contribution in [3.63, 3.8) is 0 Å². The number of nitrogens with one attached hydrogen (secondary N) is 2. The Bertz CT molecular complexity index is 763. The molecule has 0 atom stereocenters. The van der Waals surface area contributed by atoms with Crippen LogP contribution in [-0.4, -0.2) is 55.3 Å². The van der Waals surface area contributed by atoms with E-state index in [0.29, 0.717) is 25.0 Å². The highest BCUT2D eigenvalue weighted by atomic mass is 16.5. The summed E-state index contributed by atoms with van der Waals surface area (Å²) >= 11 is 0. The van der Waals surface area contributed by atoms with E-state index in [-0.39, 0.29) is 5.91 Å². The van der Waals surface area contributed by atoms with Crippen LogP contribution in [0.1, 0.15) is 26.2 Å². The van der Waals surface area contributed by atoms with Gasteiger partial charge in [-0.1, -0.05) is 0 Å². The summed E-state index contributed by atoms with van der Waals surface area (Å²) in [5.74, 6) is 1.07. The van der Waals surface area contributed by atoms with Gasteiger partial charge >= 0.3 is 0 Å². The molecule has 1 aromatic heterocycles. The van der Waals surface area contributed by atoms with E-state index in [4.69, 9.17) is 9.47 Å². The first-order valence-corrected chi connectivity index (χ1v) is 10.1. The molecular formula is C21H29N5O3. The SMILES string of the molecule is CC(=O)NCCCCCOc1ccnc(Nc2ccc(N3CCOCC3)cc2)n1. The van der Waals surface area contributed by atoms with E-state index in [2.05, 4.69) is 37.6 Å². The number of amides is 1. The summed E-state index contributed by atoms with van der Waals surface area (Å²) in [5, 5.41) is 6.01. The van der Waals surface area contributed by atoms with Gasteiger partial charge in [0.1, 0.15) is 0 Å². The highest BCUT2D eigenvalue weighted by Crippen LogP contribution is 2.21. The molecule has 2 aromatic rings. The zero-order valence-corrected chi connectivity index (χ0v) is 16.9. The monoisotopic (exact) mass is 399 g/mol. The smallest absolute Gasteiger partial charge is 0.230 e. The molecule has 0 bridgehead atoms. The van der Waals surface area contributed by atoms with Crippen LogP contribution in [0.2, 0.25) is 0 Å². The standard InChI is InChI=1S/C21H29N5O3/c1-17(27)22-10-3-2-4-14-29-20-9-11-23-21(25-20)24-18-5-7-19(8-6-18)26-12-15-28-16-13-26/h5-9,11H,2-4,10,12-16H2,1H3,(H,22,27)(H,23,24,25). The van der Waals surface area contributed by atoms with E-state index in [1.165, 1.54) is 12.6 Å². The Balaban J connectivity index is 1.42. The minimum atomic E-state index is 0.0120. The van der Waals surface area contributed by atoms with Crippen LogP contribution in [0.4, 0.5) is 17.3 Å². The molecule has 0 saturated carbocycles. The Hall–Kier alpha value is -2.87. The Kier molecular flexibility index (Phi) is 8.06. The predicted molar refractivity (Wildman–Crippen MR) is 113 cm³/mol. The molecule has 8 heteroatoms. The number of morpholine rings is 1.